The first-order valence-electron chi connectivity index (χ1n) is 11.8. The van der Waals surface area contributed by atoms with Crippen LogP contribution in [0.3, 0.4) is 0 Å². The van der Waals surface area contributed by atoms with Crippen molar-refractivity contribution in [3.63, 3.8) is 0 Å². The zero-order chi connectivity index (χ0) is 23.2. The van der Waals surface area contributed by atoms with Gasteiger partial charge in [-0.25, -0.2) is 4.39 Å². The number of piperidine rings is 2. The van der Waals surface area contributed by atoms with Crippen LogP contribution in [0.5, 0.6) is 11.5 Å². The van der Waals surface area contributed by atoms with E-state index in [1.54, 1.807) is 31.4 Å². The number of hydrogen-bond donors (Lipinski definition) is 0. The van der Waals surface area contributed by atoms with Crippen LogP contribution in [0.1, 0.15) is 48.0 Å². The summed E-state index contributed by atoms with van der Waals surface area (Å²) in [4.78, 5) is 18.0. The lowest BCUT2D eigenvalue weighted by atomic mass is 9.98. The summed E-state index contributed by atoms with van der Waals surface area (Å²) in [5.41, 5.74) is 1.72. The second kappa shape index (κ2) is 10.8. The van der Waals surface area contributed by atoms with E-state index in [1.165, 1.54) is 57.7 Å². The molecule has 0 amide bonds. The minimum Gasteiger partial charge on any atom is -0.496 e. The Bertz CT molecular complexity index is 993. The molecule has 4 rings (SSSR count). The highest BCUT2D eigenvalue weighted by atomic mass is 19.1. The topological polar surface area (TPSA) is 42.0 Å². The summed E-state index contributed by atoms with van der Waals surface area (Å²) < 4.78 is 25.1. The molecule has 5 nitrogen and oxygen atoms in total. The predicted molar refractivity (Wildman–Crippen MR) is 130 cm³/mol. The van der Waals surface area contributed by atoms with Gasteiger partial charge in [0.2, 0.25) is 0 Å². The largest absolute Gasteiger partial charge is 0.496 e. The van der Waals surface area contributed by atoms with Crippen LogP contribution in [0.4, 0.5) is 10.1 Å². The monoisotopic (exact) mass is 452 g/mol. The van der Waals surface area contributed by atoms with Gasteiger partial charge in [-0.1, -0.05) is 24.6 Å². The summed E-state index contributed by atoms with van der Waals surface area (Å²) in [5, 5.41) is 0. The molecule has 2 saturated heterocycles. The van der Waals surface area contributed by atoms with Crippen molar-refractivity contribution >= 4 is 17.5 Å². The molecule has 2 aromatic rings. The lowest BCUT2D eigenvalue weighted by Gasteiger charge is -2.41. The minimum atomic E-state index is -0.361. The lowest BCUT2D eigenvalue weighted by Crippen LogP contribution is -2.46. The number of likely N-dealkylation sites (tertiary alicyclic amines) is 1. The van der Waals surface area contributed by atoms with Gasteiger partial charge in [-0.05, 0) is 63.1 Å². The Kier molecular flexibility index (Phi) is 7.65. The molecule has 0 bridgehead atoms. The van der Waals surface area contributed by atoms with Crippen molar-refractivity contribution in [1.82, 2.24) is 4.90 Å². The number of nitrogens with zero attached hydrogens (tertiary/aromatic N) is 2. The van der Waals surface area contributed by atoms with Gasteiger partial charge in [0.15, 0.2) is 5.78 Å². The van der Waals surface area contributed by atoms with Crippen LogP contribution in [0.15, 0.2) is 42.5 Å². The number of methoxy groups -OCH3 is 2. The second-order valence-corrected chi connectivity index (χ2v) is 8.76. The predicted octanol–water partition coefficient (Wildman–Crippen LogP) is 5.19. The van der Waals surface area contributed by atoms with E-state index in [4.69, 9.17) is 9.47 Å². The molecule has 0 radical (unpaired) electrons. The second-order valence-electron chi connectivity index (χ2n) is 8.76. The highest BCUT2D eigenvalue weighted by Crippen LogP contribution is 2.37. The van der Waals surface area contributed by atoms with Crippen molar-refractivity contribution in [3.8, 4) is 11.5 Å². The van der Waals surface area contributed by atoms with Crippen molar-refractivity contribution < 1.29 is 18.7 Å². The van der Waals surface area contributed by atoms with Crippen molar-refractivity contribution in [1.29, 1.82) is 0 Å². The van der Waals surface area contributed by atoms with E-state index in [9.17, 15) is 9.18 Å². The molecule has 2 heterocycles. The molecular formula is C27H33FN2O3. The molecule has 2 aliphatic heterocycles. The van der Waals surface area contributed by atoms with E-state index in [0.717, 1.165) is 31.6 Å². The van der Waals surface area contributed by atoms with Gasteiger partial charge in [0.1, 0.15) is 17.3 Å². The Labute approximate surface area is 195 Å². The fraction of sp³-hybridized carbons (Fsp3) is 0.444. The molecule has 0 spiro atoms. The molecule has 0 aromatic heterocycles. The summed E-state index contributed by atoms with van der Waals surface area (Å²) in [5.74, 6) is 0.544. The molecule has 0 unspecified atom stereocenters. The zero-order valence-electron chi connectivity index (χ0n) is 19.6. The van der Waals surface area contributed by atoms with Crippen LogP contribution < -0.4 is 14.4 Å². The molecule has 0 aliphatic carbocycles. The van der Waals surface area contributed by atoms with Crippen molar-refractivity contribution in [2.24, 2.45) is 0 Å². The number of allylic oxidation sites excluding steroid dienone is 1. The van der Waals surface area contributed by atoms with Crippen molar-refractivity contribution in [2.45, 2.75) is 38.1 Å². The number of ether oxygens (including phenoxy) is 2. The van der Waals surface area contributed by atoms with E-state index in [1.807, 2.05) is 6.07 Å². The minimum absolute atomic E-state index is 0.234. The Morgan fingerprint density at radius 1 is 0.970 bits per heavy atom. The van der Waals surface area contributed by atoms with Crippen LogP contribution >= 0.6 is 0 Å². The summed E-state index contributed by atoms with van der Waals surface area (Å²) in [6.07, 6.45) is 9.06. The van der Waals surface area contributed by atoms with E-state index in [2.05, 4.69) is 9.80 Å². The van der Waals surface area contributed by atoms with Crippen LogP contribution in [0, 0.1) is 5.82 Å². The summed E-state index contributed by atoms with van der Waals surface area (Å²) in [6, 6.07) is 10.7. The molecule has 0 N–H and O–H groups in total. The van der Waals surface area contributed by atoms with Gasteiger partial charge in [-0.2, -0.15) is 0 Å². The molecule has 0 saturated carbocycles. The van der Waals surface area contributed by atoms with Gasteiger partial charge >= 0.3 is 0 Å². The molecule has 6 heteroatoms. The van der Waals surface area contributed by atoms with Crippen molar-refractivity contribution in [2.75, 3.05) is 45.3 Å². The average Bonchev–Trinajstić information content (AvgIpc) is 2.88. The zero-order valence-corrected chi connectivity index (χ0v) is 19.6. The first kappa shape index (κ1) is 23.3. The third-order valence-electron chi connectivity index (χ3n) is 6.80. The van der Waals surface area contributed by atoms with E-state index in [0.29, 0.717) is 28.7 Å². The Morgan fingerprint density at radius 2 is 1.67 bits per heavy atom. The molecule has 33 heavy (non-hydrogen) atoms. The quantitative estimate of drug-likeness (QED) is 0.427. The summed E-state index contributed by atoms with van der Waals surface area (Å²) in [6.45, 7) is 4.26. The van der Waals surface area contributed by atoms with E-state index < -0.39 is 0 Å². The van der Waals surface area contributed by atoms with Gasteiger partial charge in [0.25, 0.3) is 0 Å². The first-order chi connectivity index (χ1) is 16.1. The van der Waals surface area contributed by atoms with Gasteiger partial charge in [0.05, 0.1) is 25.5 Å². The van der Waals surface area contributed by atoms with Crippen LogP contribution in [-0.4, -0.2) is 57.1 Å². The van der Waals surface area contributed by atoms with Gasteiger partial charge in [0, 0.05) is 30.8 Å². The maximum Gasteiger partial charge on any atom is 0.189 e. The Hall–Kier alpha value is -2.86. The summed E-state index contributed by atoms with van der Waals surface area (Å²) >= 11 is 0. The molecule has 176 valence electrons. The van der Waals surface area contributed by atoms with Gasteiger partial charge in [-0.15, -0.1) is 0 Å². The Morgan fingerprint density at radius 3 is 2.33 bits per heavy atom. The Balaban J connectivity index is 1.54. The normalized spacial score (nSPS) is 18.0. The number of carbonyl (C=O) groups excluding carboxylic acids is 1. The van der Waals surface area contributed by atoms with Crippen LogP contribution in [0.25, 0.3) is 6.08 Å². The highest BCUT2D eigenvalue weighted by Gasteiger charge is 2.28. The number of ketones is 1. The molecule has 2 fully saturated rings. The number of carbonyl (C=O) groups is 1. The van der Waals surface area contributed by atoms with Gasteiger partial charge in [-0.3, -0.25) is 4.79 Å². The standard InChI is InChI=1S/C27H33FN2O3/c1-32-26-19-27(33-2)24(30-16-12-21(13-17-30)29-14-6-3-7-15-29)18-22(26)25(31)11-10-20-8-4-5-9-23(20)28/h4-5,8-11,18-19,21H,3,6-7,12-17H2,1-2H3/b11-10+. The highest BCUT2D eigenvalue weighted by molar-refractivity contribution is 6.09. The number of rotatable bonds is 7. The molecular weight excluding hydrogens is 419 g/mol. The average molecular weight is 453 g/mol. The SMILES string of the molecule is COc1cc(OC)c(N2CCC(N3CCCCC3)CC2)cc1C(=O)/C=C/c1ccccc1F. The van der Waals surface area contributed by atoms with E-state index in [-0.39, 0.29) is 11.6 Å². The number of hydrogen-bond acceptors (Lipinski definition) is 5. The maximum absolute atomic E-state index is 13.9. The smallest absolute Gasteiger partial charge is 0.189 e. The number of halogens is 1. The lowest BCUT2D eigenvalue weighted by molar-refractivity contribution is 0.104. The van der Waals surface area contributed by atoms with Crippen LogP contribution in [0.2, 0.25) is 0 Å². The third kappa shape index (κ3) is 5.38. The fourth-order valence-electron chi connectivity index (χ4n) is 4.94. The number of anilines is 1. The van der Waals surface area contributed by atoms with Crippen LogP contribution in [-0.2, 0) is 0 Å². The van der Waals surface area contributed by atoms with E-state index >= 15 is 0 Å². The molecule has 2 aliphatic rings. The van der Waals surface area contributed by atoms with Crippen molar-refractivity contribution in [3.05, 3.63) is 59.4 Å². The first-order valence-corrected chi connectivity index (χ1v) is 11.8. The van der Waals surface area contributed by atoms with Gasteiger partial charge < -0.3 is 19.3 Å². The maximum atomic E-state index is 13.9. The number of benzene rings is 2. The molecule has 2 aromatic carbocycles. The molecule has 0 atom stereocenters. The fourth-order valence-corrected chi connectivity index (χ4v) is 4.94. The third-order valence-corrected chi connectivity index (χ3v) is 6.80. The summed E-state index contributed by atoms with van der Waals surface area (Å²) in [7, 11) is 3.17.